The molecule has 0 fully saturated rings. The van der Waals surface area contributed by atoms with Crippen molar-refractivity contribution in [2.24, 2.45) is 5.73 Å². The van der Waals surface area contributed by atoms with Crippen molar-refractivity contribution in [3.05, 3.63) is 28.8 Å². The molecule has 0 aliphatic rings. The molecule has 0 aliphatic carbocycles. The van der Waals surface area contributed by atoms with Gasteiger partial charge in [-0.1, -0.05) is 13.8 Å². The summed E-state index contributed by atoms with van der Waals surface area (Å²) in [5.74, 6) is 0. The number of aryl methyl sites for hydroxylation is 1. The molecule has 0 bridgehead atoms. The molecule has 0 aromatic heterocycles. The highest BCUT2D eigenvalue weighted by molar-refractivity contribution is 5.49. The van der Waals surface area contributed by atoms with E-state index in [1.165, 1.54) is 16.7 Å². The lowest BCUT2D eigenvalue weighted by Crippen LogP contribution is -2.05. The Balaban J connectivity index is 3.25. The number of nitrogens with two attached hydrogens (primary N) is 2. The minimum Gasteiger partial charge on any atom is -0.399 e. The van der Waals surface area contributed by atoms with Crippen LogP contribution in [0.5, 0.6) is 0 Å². The molecule has 0 aliphatic heterocycles. The van der Waals surface area contributed by atoms with E-state index in [4.69, 9.17) is 11.5 Å². The third kappa shape index (κ3) is 2.01. The highest BCUT2D eigenvalue weighted by Gasteiger charge is 2.05. The molecule has 72 valence electrons. The second-order valence-electron chi connectivity index (χ2n) is 3.23. The molecular weight excluding hydrogens is 160 g/mol. The van der Waals surface area contributed by atoms with Crippen molar-refractivity contribution in [3.63, 3.8) is 0 Å². The van der Waals surface area contributed by atoms with Gasteiger partial charge >= 0.3 is 0 Å². The topological polar surface area (TPSA) is 52.0 Å². The van der Waals surface area contributed by atoms with Gasteiger partial charge in [0.05, 0.1) is 0 Å². The lowest BCUT2D eigenvalue weighted by molar-refractivity contribution is 0.964. The zero-order chi connectivity index (χ0) is 9.84. The Morgan fingerprint density at radius 3 is 2.15 bits per heavy atom. The molecule has 0 spiro atoms. The van der Waals surface area contributed by atoms with Gasteiger partial charge in [-0.15, -0.1) is 0 Å². The molecule has 1 aromatic carbocycles. The second kappa shape index (κ2) is 4.28. The van der Waals surface area contributed by atoms with Gasteiger partial charge in [0.1, 0.15) is 0 Å². The Labute approximate surface area is 79.9 Å². The summed E-state index contributed by atoms with van der Waals surface area (Å²) in [5, 5.41) is 0. The van der Waals surface area contributed by atoms with Gasteiger partial charge in [-0.05, 0) is 41.7 Å². The number of hydrogen-bond donors (Lipinski definition) is 2. The summed E-state index contributed by atoms with van der Waals surface area (Å²) >= 11 is 0. The largest absolute Gasteiger partial charge is 0.399 e. The van der Waals surface area contributed by atoms with E-state index < -0.39 is 0 Å². The van der Waals surface area contributed by atoms with Gasteiger partial charge in [-0.2, -0.15) is 0 Å². The summed E-state index contributed by atoms with van der Waals surface area (Å²) in [5.41, 5.74) is 16.2. The average molecular weight is 178 g/mol. The van der Waals surface area contributed by atoms with E-state index in [2.05, 4.69) is 19.9 Å². The van der Waals surface area contributed by atoms with E-state index in [-0.39, 0.29) is 0 Å². The Hall–Kier alpha value is -1.02. The monoisotopic (exact) mass is 178 g/mol. The molecule has 0 saturated heterocycles. The van der Waals surface area contributed by atoms with Crippen LogP contribution in [0.15, 0.2) is 12.1 Å². The first-order chi connectivity index (χ1) is 6.22. The maximum atomic E-state index is 5.78. The Kier molecular flexibility index (Phi) is 3.32. The average Bonchev–Trinajstić information content (AvgIpc) is 2.16. The quantitative estimate of drug-likeness (QED) is 0.694. The second-order valence-corrected chi connectivity index (χ2v) is 3.23. The Bertz CT molecular complexity index is 267. The van der Waals surface area contributed by atoms with E-state index in [9.17, 15) is 0 Å². The third-order valence-electron chi connectivity index (χ3n) is 2.41. The van der Waals surface area contributed by atoms with Crippen molar-refractivity contribution in [1.82, 2.24) is 0 Å². The Morgan fingerprint density at radius 1 is 1.08 bits per heavy atom. The standard InChI is InChI=1S/C11H18N2/c1-3-8-5-10(13)6-9(7-12)11(8)4-2/h5-6H,3-4,7,12-13H2,1-2H3. The molecule has 2 heteroatoms. The minimum absolute atomic E-state index is 0.585. The van der Waals surface area contributed by atoms with Crippen molar-refractivity contribution < 1.29 is 0 Å². The van der Waals surface area contributed by atoms with Crippen LogP contribution in [0.4, 0.5) is 5.69 Å². The van der Waals surface area contributed by atoms with E-state index in [0.717, 1.165) is 18.5 Å². The fourth-order valence-electron chi connectivity index (χ4n) is 1.78. The summed E-state index contributed by atoms with van der Waals surface area (Å²) in [6.45, 7) is 4.89. The molecule has 4 N–H and O–H groups in total. The number of benzene rings is 1. The number of hydrogen-bond acceptors (Lipinski definition) is 2. The van der Waals surface area contributed by atoms with Crippen LogP contribution in [0.2, 0.25) is 0 Å². The number of rotatable bonds is 3. The van der Waals surface area contributed by atoms with Crippen molar-refractivity contribution in [2.75, 3.05) is 5.73 Å². The first kappa shape index (κ1) is 10.1. The van der Waals surface area contributed by atoms with E-state index in [1.807, 2.05) is 6.07 Å². The summed E-state index contributed by atoms with van der Waals surface area (Å²) in [4.78, 5) is 0. The molecule has 1 aromatic rings. The highest BCUT2D eigenvalue weighted by Crippen LogP contribution is 2.20. The molecule has 0 unspecified atom stereocenters. The van der Waals surface area contributed by atoms with Crippen LogP contribution in [0.1, 0.15) is 30.5 Å². The summed E-state index contributed by atoms with van der Waals surface area (Å²) < 4.78 is 0. The smallest absolute Gasteiger partial charge is 0.0320 e. The van der Waals surface area contributed by atoms with E-state index in [0.29, 0.717) is 6.54 Å². The molecule has 0 radical (unpaired) electrons. The molecule has 2 nitrogen and oxygen atoms in total. The fourth-order valence-corrected chi connectivity index (χ4v) is 1.78. The van der Waals surface area contributed by atoms with E-state index >= 15 is 0 Å². The third-order valence-corrected chi connectivity index (χ3v) is 2.41. The first-order valence-corrected chi connectivity index (χ1v) is 4.83. The molecular formula is C11H18N2. The van der Waals surface area contributed by atoms with Gasteiger partial charge in [-0.3, -0.25) is 0 Å². The molecule has 0 heterocycles. The van der Waals surface area contributed by atoms with Crippen LogP contribution in [-0.4, -0.2) is 0 Å². The molecule has 13 heavy (non-hydrogen) atoms. The highest BCUT2D eigenvalue weighted by atomic mass is 14.6. The minimum atomic E-state index is 0.585. The SMILES string of the molecule is CCc1cc(N)cc(CN)c1CC. The predicted octanol–water partition coefficient (Wildman–Crippen LogP) is 1.85. The van der Waals surface area contributed by atoms with Gasteiger partial charge in [0.15, 0.2) is 0 Å². The lowest BCUT2D eigenvalue weighted by atomic mass is 9.96. The van der Waals surface area contributed by atoms with Crippen molar-refractivity contribution in [3.8, 4) is 0 Å². The first-order valence-electron chi connectivity index (χ1n) is 4.83. The summed E-state index contributed by atoms with van der Waals surface area (Å²) in [7, 11) is 0. The van der Waals surface area contributed by atoms with Crippen LogP contribution in [0, 0.1) is 0 Å². The van der Waals surface area contributed by atoms with Gasteiger partial charge < -0.3 is 11.5 Å². The normalized spacial score (nSPS) is 10.4. The number of anilines is 1. The molecule has 0 amide bonds. The molecule has 0 saturated carbocycles. The zero-order valence-electron chi connectivity index (χ0n) is 8.43. The number of nitrogen functional groups attached to an aromatic ring is 1. The predicted molar refractivity (Wildman–Crippen MR) is 57.5 cm³/mol. The summed E-state index contributed by atoms with van der Waals surface area (Å²) in [6.07, 6.45) is 2.07. The van der Waals surface area contributed by atoms with Crippen LogP contribution in [0.25, 0.3) is 0 Å². The molecule has 0 atom stereocenters. The van der Waals surface area contributed by atoms with Crippen LogP contribution >= 0.6 is 0 Å². The fraction of sp³-hybridized carbons (Fsp3) is 0.455. The van der Waals surface area contributed by atoms with Crippen molar-refractivity contribution in [1.29, 1.82) is 0 Å². The zero-order valence-corrected chi connectivity index (χ0v) is 8.43. The van der Waals surface area contributed by atoms with Gasteiger partial charge in [0.2, 0.25) is 0 Å². The van der Waals surface area contributed by atoms with Crippen molar-refractivity contribution in [2.45, 2.75) is 33.2 Å². The van der Waals surface area contributed by atoms with Crippen molar-refractivity contribution >= 4 is 5.69 Å². The summed E-state index contributed by atoms with van der Waals surface area (Å²) in [6, 6.07) is 4.04. The van der Waals surface area contributed by atoms with Gasteiger partial charge in [-0.25, -0.2) is 0 Å². The van der Waals surface area contributed by atoms with Crippen LogP contribution in [0.3, 0.4) is 0 Å². The molecule has 1 rings (SSSR count). The van der Waals surface area contributed by atoms with Crippen LogP contribution < -0.4 is 11.5 Å². The lowest BCUT2D eigenvalue weighted by Gasteiger charge is -2.12. The maximum absolute atomic E-state index is 5.78. The van der Waals surface area contributed by atoms with Gasteiger partial charge in [0, 0.05) is 12.2 Å². The van der Waals surface area contributed by atoms with Gasteiger partial charge in [0.25, 0.3) is 0 Å². The maximum Gasteiger partial charge on any atom is 0.0320 e. The van der Waals surface area contributed by atoms with E-state index in [1.54, 1.807) is 0 Å². The Morgan fingerprint density at radius 2 is 1.69 bits per heavy atom. The van der Waals surface area contributed by atoms with Crippen LogP contribution in [-0.2, 0) is 19.4 Å².